The number of rotatable bonds is 3. The third-order valence-corrected chi connectivity index (χ3v) is 3.55. The van der Waals surface area contributed by atoms with Crippen molar-refractivity contribution in [3.63, 3.8) is 0 Å². The summed E-state index contributed by atoms with van der Waals surface area (Å²) in [6.07, 6.45) is 2.51. The Bertz CT molecular complexity index is 751. The van der Waals surface area contributed by atoms with Crippen molar-refractivity contribution in [2.24, 2.45) is 0 Å². The van der Waals surface area contributed by atoms with Crippen molar-refractivity contribution < 1.29 is 0 Å². The number of nitrogens with two attached hydrogens (primary N) is 2. The summed E-state index contributed by atoms with van der Waals surface area (Å²) in [5.74, 6) is 0. The number of nitrogens with zero attached hydrogens (tertiary/aromatic N) is 1. The van der Waals surface area contributed by atoms with Gasteiger partial charge in [0.1, 0.15) is 0 Å². The van der Waals surface area contributed by atoms with Crippen LogP contribution >= 0.6 is 0 Å². The standard InChI is InChI=1S/C18H17N3/c19-17-10-2-1-8-15(17)16-9-5-6-13(18(16)20)12-14-7-3-4-11-21-14/h1-11H,12,19-20H2. The van der Waals surface area contributed by atoms with Crippen molar-refractivity contribution >= 4 is 11.4 Å². The Kier molecular flexibility index (Phi) is 3.56. The molecular weight excluding hydrogens is 258 g/mol. The first-order valence-corrected chi connectivity index (χ1v) is 6.88. The van der Waals surface area contributed by atoms with Crippen LogP contribution in [0.5, 0.6) is 0 Å². The van der Waals surface area contributed by atoms with Gasteiger partial charge in [-0.3, -0.25) is 4.98 Å². The quantitative estimate of drug-likeness (QED) is 0.719. The predicted molar refractivity (Wildman–Crippen MR) is 87.7 cm³/mol. The molecule has 104 valence electrons. The summed E-state index contributed by atoms with van der Waals surface area (Å²) in [6, 6.07) is 19.7. The molecule has 1 aromatic heterocycles. The molecule has 2 aromatic carbocycles. The second-order valence-electron chi connectivity index (χ2n) is 4.96. The van der Waals surface area contributed by atoms with E-state index in [0.717, 1.165) is 33.8 Å². The lowest BCUT2D eigenvalue weighted by Gasteiger charge is -2.12. The molecule has 0 aliphatic carbocycles. The summed E-state index contributed by atoms with van der Waals surface area (Å²) in [5.41, 5.74) is 17.9. The van der Waals surface area contributed by atoms with E-state index in [0.29, 0.717) is 6.42 Å². The minimum atomic E-state index is 0.716. The number of benzene rings is 2. The van der Waals surface area contributed by atoms with Crippen molar-refractivity contribution in [1.82, 2.24) is 4.98 Å². The molecule has 3 nitrogen and oxygen atoms in total. The van der Waals surface area contributed by atoms with E-state index < -0.39 is 0 Å². The lowest BCUT2D eigenvalue weighted by molar-refractivity contribution is 1.08. The van der Waals surface area contributed by atoms with Crippen molar-refractivity contribution in [2.75, 3.05) is 11.5 Å². The van der Waals surface area contributed by atoms with Gasteiger partial charge in [0.05, 0.1) is 0 Å². The molecule has 0 saturated heterocycles. The van der Waals surface area contributed by atoms with E-state index in [9.17, 15) is 0 Å². The number of aromatic nitrogens is 1. The van der Waals surface area contributed by atoms with Gasteiger partial charge in [-0.05, 0) is 23.8 Å². The first-order chi connectivity index (χ1) is 10.3. The fourth-order valence-corrected chi connectivity index (χ4v) is 2.44. The summed E-state index contributed by atoms with van der Waals surface area (Å²) in [6.45, 7) is 0. The molecule has 4 N–H and O–H groups in total. The maximum absolute atomic E-state index is 6.35. The summed E-state index contributed by atoms with van der Waals surface area (Å²) in [7, 11) is 0. The van der Waals surface area contributed by atoms with Crippen LogP contribution in [-0.4, -0.2) is 4.98 Å². The fraction of sp³-hybridized carbons (Fsp3) is 0.0556. The molecule has 0 aliphatic heterocycles. The van der Waals surface area contributed by atoms with Gasteiger partial charge in [0.25, 0.3) is 0 Å². The molecule has 0 fully saturated rings. The molecule has 0 radical (unpaired) electrons. The summed E-state index contributed by atoms with van der Waals surface area (Å²) in [4.78, 5) is 4.35. The van der Waals surface area contributed by atoms with E-state index in [2.05, 4.69) is 4.98 Å². The van der Waals surface area contributed by atoms with Crippen LogP contribution in [0.4, 0.5) is 11.4 Å². The normalized spacial score (nSPS) is 10.5. The van der Waals surface area contributed by atoms with E-state index in [1.165, 1.54) is 0 Å². The van der Waals surface area contributed by atoms with Gasteiger partial charge in [-0.2, -0.15) is 0 Å². The summed E-state index contributed by atoms with van der Waals surface area (Å²) < 4.78 is 0. The van der Waals surface area contributed by atoms with Crippen molar-refractivity contribution in [1.29, 1.82) is 0 Å². The van der Waals surface area contributed by atoms with Gasteiger partial charge in [0, 0.05) is 40.8 Å². The first kappa shape index (κ1) is 13.2. The Balaban J connectivity index is 2.02. The minimum absolute atomic E-state index is 0.716. The molecule has 0 unspecified atom stereocenters. The number of hydrogen-bond donors (Lipinski definition) is 2. The average molecular weight is 275 g/mol. The van der Waals surface area contributed by atoms with Crippen LogP contribution in [-0.2, 0) is 6.42 Å². The molecule has 3 aromatic rings. The predicted octanol–water partition coefficient (Wildman–Crippen LogP) is 3.50. The van der Waals surface area contributed by atoms with Crippen LogP contribution in [0.25, 0.3) is 11.1 Å². The van der Waals surface area contributed by atoms with Gasteiger partial charge in [0.15, 0.2) is 0 Å². The Morgan fingerprint density at radius 2 is 1.52 bits per heavy atom. The fourth-order valence-electron chi connectivity index (χ4n) is 2.44. The lowest BCUT2D eigenvalue weighted by atomic mass is 9.97. The number of nitrogen functional groups attached to an aromatic ring is 2. The molecule has 1 heterocycles. The molecule has 21 heavy (non-hydrogen) atoms. The molecule has 0 aliphatic rings. The largest absolute Gasteiger partial charge is 0.398 e. The zero-order valence-electron chi connectivity index (χ0n) is 11.7. The third kappa shape index (κ3) is 2.72. The highest BCUT2D eigenvalue weighted by molar-refractivity contribution is 5.85. The molecule has 0 amide bonds. The van der Waals surface area contributed by atoms with Gasteiger partial charge in [-0.15, -0.1) is 0 Å². The van der Waals surface area contributed by atoms with Crippen LogP contribution in [0.1, 0.15) is 11.3 Å². The maximum Gasteiger partial charge on any atom is 0.0448 e. The molecule has 0 spiro atoms. The Morgan fingerprint density at radius 1 is 0.762 bits per heavy atom. The van der Waals surface area contributed by atoms with Crippen LogP contribution in [0.15, 0.2) is 66.9 Å². The van der Waals surface area contributed by atoms with Crippen LogP contribution in [0.3, 0.4) is 0 Å². The molecule has 3 rings (SSSR count). The number of para-hydroxylation sites is 2. The number of pyridine rings is 1. The number of anilines is 2. The molecule has 0 saturated carbocycles. The Labute approximate surface area is 124 Å². The van der Waals surface area contributed by atoms with E-state index in [1.54, 1.807) is 6.20 Å². The third-order valence-electron chi connectivity index (χ3n) is 3.55. The van der Waals surface area contributed by atoms with Gasteiger partial charge in [0.2, 0.25) is 0 Å². The van der Waals surface area contributed by atoms with Gasteiger partial charge < -0.3 is 11.5 Å². The van der Waals surface area contributed by atoms with Gasteiger partial charge in [-0.25, -0.2) is 0 Å². The Morgan fingerprint density at radius 3 is 2.29 bits per heavy atom. The van der Waals surface area contributed by atoms with Crippen LogP contribution in [0.2, 0.25) is 0 Å². The van der Waals surface area contributed by atoms with Crippen molar-refractivity contribution in [3.05, 3.63) is 78.1 Å². The van der Waals surface area contributed by atoms with E-state index in [4.69, 9.17) is 11.5 Å². The monoisotopic (exact) mass is 275 g/mol. The zero-order chi connectivity index (χ0) is 14.7. The van der Waals surface area contributed by atoms with Gasteiger partial charge in [-0.1, -0.05) is 42.5 Å². The lowest BCUT2D eigenvalue weighted by Crippen LogP contribution is -2.00. The Hall–Kier alpha value is -2.81. The topological polar surface area (TPSA) is 64.9 Å². The summed E-state index contributed by atoms with van der Waals surface area (Å²) in [5, 5.41) is 0. The molecule has 0 atom stereocenters. The second kappa shape index (κ2) is 5.67. The van der Waals surface area contributed by atoms with Crippen LogP contribution < -0.4 is 11.5 Å². The zero-order valence-corrected chi connectivity index (χ0v) is 11.7. The van der Waals surface area contributed by atoms with Crippen LogP contribution in [0, 0.1) is 0 Å². The minimum Gasteiger partial charge on any atom is -0.398 e. The highest BCUT2D eigenvalue weighted by Gasteiger charge is 2.10. The highest BCUT2D eigenvalue weighted by atomic mass is 14.7. The summed E-state index contributed by atoms with van der Waals surface area (Å²) >= 11 is 0. The molecule has 0 bridgehead atoms. The number of hydrogen-bond acceptors (Lipinski definition) is 3. The highest BCUT2D eigenvalue weighted by Crippen LogP contribution is 2.33. The SMILES string of the molecule is Nc1ccccc1-c1cccc(Cc2ccccn2)c1N. The maximum atomic E-state index is 6.35. The van der Waals surface area contributed by atoms with Crippen molar-refractivity contribution in [2.45, 2.75) is 6.42 Å². The molecular formula is C18H17N3. The van der Waals surface area contributed by atoms with Crippen molar-refractivity contribution in [3.8, 4) is 11.1 Å². The van der Waals surface area contributed by atoms with Gasteiger partial charge >= 0.3 is 0 Å². The van der Waals surface area contributed by atoms with E-state index >= 15 is 0 Å². The van der Waals surface area contributed by atoms with E-state index in [-0.39, 0.29) is 0 Å². The smallest absolute Gasteiger partial charge is 0.0448 e. The first-order valence-electron chi connectivity index (χ1n) is 6.88. The average Bonchev–Trinajstić information content (AvgIpc) is 2.51. The second-order valence-corrected chi connectivity index (χ2v) is 4.96. The van der Waals surface area contributed by atoms with E-state index in [1.807, 2.05) is 60.7 Å². The molecule has 3 heteroatoms.